The maximum Gasteiger partial charge on any atom is 0.253 e. The van der Waals surface area contributed by atoms with Crippen LogP contribution < -0.4 is 16.1 Å². The van der Waals surface area contributed by atoms with Crippen LogP contribution in [-0.2, 0) is 19.9 Å². The molecular formula is C20H26N2OSi. The molecule has 1 aromatic carbocycles. The van der Waals surface area contributed by atoms with Crippen LogP contribution in [0.15, 0.2) is 29.2 Å². The van der Waals surface area contributed by atoms with Gasteiger partial charge in [-0.1, -0.05) is 17.3 Å². The summed E-state index contributed by atoms with van der Waals surface area (Å²) in [6.07, 6.45) is 9.07. The van der Waals surface area contributed by atoms with Gasteiger partial charge < -0.3 is 9.88 Å². The molecule has 0 saturated heterocycles. The van der Waals surface area contributed by atoms with Gasteiger partial charge in [0, 0.05) is 52.4 Å². The highest BCUT2D eigenvalue weighted by Gasteiger charge is 2.23. The first-order valence-corrected chi connectivity index (χ1v) is 10.2. The molecule has 0 spiro atoms. The lowest BCUT2D eigenvalue weighted by Crippen LogP contribution is -2.26. The molecule has 1 aromatic heterocycles. The van der Waals surface area contributed by atoms with E-state index in [1.807, 2.05) is 7.05 Å². The number of anilines is 1. The van der Waals surface area contributed by atoms with E-state index in [2.05, 4.69) is 29.7 Å². The topological polar surface area (TPSA) is 34.0 Å². The van der Waals surface area contributed by atoms with Crippen LogP contribution in [0.3, 0.4) is 0 Å². The Morgan fingerprint density at radius 3 is 2.67 bits per heavy atom. The standard InChI is InChI=1S/C20H26N2OSi/c1-22-12-18(15-4-2-3-5-16(15)20(22)23)17-10-14(24)8-9-19(17)21-11-13-6-7-13/h8-10,12-13,21H,2-7,11H2,1,24H3. The Balaban J connectivity index is 1.84. The van der Waals surface area contributed by atoms with E-state index < -0.39 is 0 Å². The summed E-state index contributed by atoms with van der Waals surface area (Å²) < 4.78 is 1.78. The van der Waals surface area contributed by atoms with Crippen LogP contribution in [-0.4, -0.2) is 21.4 Å². The van der Waals surface area contributed by atoms with Crippen LogP contribution in [0.5, 0.6) is 0 Å². The Bertz CT molecular complexity index is 836. The fourth-order valence-electron chi connectivity index (χ4n) is 3.83. The van der Waals surface area contributed by atoms with Gasteiger partial charge in [0.25, 0.3) is 5.56 Å². The van der Waals surface area contributed by atoms with Gasteiger partial charge in [0.05, 0.1) is 0 Å². The molecule has 2 aliphatic carbocycles. The third kappa shape index (κ3) is 2.95. The average Bonchev–Trinajstić information content (AvgIpc) is 3.41. The number of hydrogen-bond acceptors (Lipinski definition) is 2. The predicted molar refractivity (Wildman–Crippen MR) is 105 cm³/mol. The number of fused-ring (bicyclic) bond motifs is 1. The molecule has 0 bridgehead atoms. The van der Waals surface area contributed by atoms with E-state index in [9.17, 15) is 4.79 Å². The van der Waals surface area contributed by atoms with E-state index >= 15 is 0 Å². The minimum Gasteiger partial charge on any atom is -0.384 e. The van der Waals surface area contributed by atoms with Crippen molar-refractivity contribution in [2.75, 3.05) is 11.9 Å². The average molecular weight is 339 g/mol. The van der Waals surface area contributed by atoms with Gasteiger partial charge in [0.1, 0.15) is 0 Å². The Hall–Kier alpha value is -1.81. The fraction of sp³-hybridized carbons (Fsp3) is 0.450. The lowest BCUT2D eigenvalue weighted by Gasteiger charge is -2.22. The van der Waals surface area contributed by atoms with Gasteiger partial charge in [-0.2, -0.15) is 0 Å². The highest BCUT2D eigenvalue weighted by Crippen LogP contribution is 2.35. The van der Waals surface area contributed by atoms with Crippen LogP contribution in [0.25, 0.3) is 11.1 Å². The van der Waals surface area contributed by atoms with Crippen LogP contribution in [0.4, 0.5) is 5.69 Å². The first-order valence-electron chi connectivity index (χ1n) is 9.20. The molecule has 0 atom stereocenters. The molecule has 24 heavy (non-hydrogen) atoms. The zero-order chi connectivity index (χ0) is 16.7. The zero-order valence-electron chi connectivity index (χ0n) is 14.7. The van der Waals surface area contributed by atoms with Crippen LogP contribution in [0.1, 0.15) is 36.8 Å². The molecule has 4 rings (SSSR count). The predicted octanol–water partition coefficient (Wildman–Crippen LogP) is 1.74. The summed E-state index contributed by atoms with van der Waals surface area (Å²) >= 11 is 0. The maximum absolute atomic E-state index is 12.5. The molecular weight excluding hydrogens is 312 g/mol. The summed E-state index contributed by atoms with van der Waals surface area (Å²) in [4.78, 5) is 12.5. The van der Waals surface area contributed by atoms with Crippen molar-refractivity contribution in [2.45, 2.75) is 38.5 Å². The second-order valence-corrected chi connectivity index (χ2v) is 8.65. The van der Waals surface area contributed by atoms with Crippen molar-refractivity contribution in [1.82, 2.24) is 4.57 Å². The molecule has 4 heteroatoms. The summed E-state index contributed by atoms with van der Waals surface area (Å²) in [7, 11) is 2.94. The first kappa shape index (κ1) is 15.7. The van der Waals surface area contributed by atoms with Crippen LogP contribution in [0, 0.1) is 5.92 Å². The molecule has 2 aliphatic rings. The van der Waals surface area contributed by atoms with Crippen LogP contribution in [0.2, 0.25) is 0 Å². The minimum absolute atomic E-state index is 0.197. The maximum atomic E-state index is 12.5. The Morgan fingerprint density at radius 1 is 1.17 bits per heavy atom. The van der Waals surface area contributed by atoms with Crippen molar-refractivity contribution in [3.05, 3.63) is 45.9 Å². The van der Waals surface area contributed by atoms with Gasteiger partial charge in [-0.25, -0.2) is 0 Å². The Kier molecular flexibility index (Phi) is 4.08. The van der Waals surface area contributed by atoms with Gasteiger partial charge in [-0.05, 0) is 56.1 Å². The normalized spacial score (nSPS) is 16.9. The van der Waals surface area contributed by atoms with Gasteiger partial charge in [0.15, 0.2) is 0 Å². The summed E-state index contributed by atoms with van der Waals surface area (Å²) in [5, 5.41) is 5.07. The number of pyridine rings is 1. The summed E-state index contributed by atoms with van der Waals surface area (Å²) in [6, 6.07) is 6.80. The van der Waals surface area contributed by atoms with Gasteiger partial charge in [-0.3, -0.25) is 4.79 Å². The molecule has 0 aliphatic heterocycles. The SMILES string of the molecule is Cn1cc(-c2cc([SiH3])ccc2NCC2CC2)c2c(c1=O)CCCC2. The minimum atomic E-state index is 0.197. The van der Waals surface area contributed by atoms with E-state index in [0.29, 0.717) is 0 Å². The summed E-state index contributed by atoms with van der Waals surface area (Å²) in [5.74, 6) is 0.850. The van der Waals surface area contributed by atoms with Crippen molar-refractivity contribution in [3.8, 4) is 11.1 Å². The number of hydrogen-bond donors (Lipinski definition) is 1. The van der Waals surface area contributed by atoms with Crippen molar-refractivity contribution in [2.24, 2.45) is 13.0 Å². The highest BCUT2D eigenvalue weighted by atomic mass is 28.1. The highest BCUT2D eigenvalue weighted by molar-refractivity contribution is 6.32. The van der Waals surface area contributed by atoms with E-state index in [0.717, 1.165) is 47.5 Å². The van der Waals surface area contributed by atoms with E-state index in [1.165, 1.54) is 46.8 Å². The number of rotatable bonds is 4. The van der Waals surface area contributed by atoms with E-state index in [4.69, 9.17) is 0 Å². The smallest absolute Gasteiger partial charge is 0.253 e. The molecule has 0 radical (unpaired) electrons. The quantitative estimate of drug-likeness (QED) is 0.862. The van der Waals surface area contributed by atoms with Gasteiger partial charge in [0.2, 0.25) is 0 Å². The van der Waals surface area contributed by atoms with Gasteiger partial charge in [-0.15, -0.1) is 0 Å². The monoisotopic (exact) mass is 338 g/mol. The molecule has 1 heterocycles. The van der Waals surface area contributed by atoms with E-state index in [1.54, 1.807) is 4.57 Å². The first-order chi connectivity index (χ1) is 11.6. The van der Waals surface area contributed by atoms with Crippen molar-refractivity contribution < 1.29 is 0 Å². The number of nitrogens with zero attached hydrogens (tertiary/aromatic N) is 1. The lowest BCUT2D eigenvalue weighted by atomic mass is 9.87. The molecule has 2 aromatic rings. The van der Waals surface area contributed by atoms with Crippen molar-refractivity contribution >= 4 is 21.1 Å². The van der Waals surface area contributed by atoms with E-state index in [-0.39, 0.29) is 5.56 Å². The van der Waals surface area contributed by atoms with Crippen molar-refractivity contribution in [3.63, 3.8) is 0 Å². The second-order valence-electron chi connectivity index (χ2n) is 7.50. The molecule has 1 N–H and O–H groups in total. The lowest BCUT2D eigenvalue weighted by molar-refractivity contribution is 0.664. The number of aryl methyl sites for hydroxylation is 1. The molecule has 1 fully saturated rings. The second kappa shape index (κ2) is 6.24. The Labute approximate surface area is 146 Å². The molecule has 1 saturated carbocycles. The zero-order valence-corrected chi connectivity index (χ0v) is 16.7. The molecule has 126 valence electrons. The fourth-order valence-corrected chi connectivity index (χ4v) is 4.28. The summed E-state index contributed by atoms with van der Waals surface area (Å²) in [5.41, 5.74) is 6.33. The Morgan fingerprint density at radius 2 is 1.92 bits per heavy atom. The number of aromatic nitrogens is 1. The third-order valence-corrected chi connectivity index (χ3v) is 6.06. The third-order valence-electron chi connectivity index (χ3n) is 5.44. The number of nitrogens with one attached hydrogen (secondary N) is 1. The molecule has 3 nitrogen and oxygen atoms in total. The summed E-state index contributed by atoms with van der Waals surface area (Å²) in [6.45, 7) is 1.07. The van der Waals surface area contributed by atoms with Gasteiger partial charge >= 0.3 is 0 Å². The van der Waals surface area contributed by atoms with Crippen LogP contribution >= 0.6 is 0 Å². The number of benzene rings is 1. The molecule has 0 unspecified atom stereocenters. The van der Waals surface area contributed by atoms with Crippen molar-refractivity contribution in [1.29, 1.82) is 0 Å². The largest absolute Gasteiger partial charge is 0.384 e. The molecule has 0 amide bonds.